The minimum absolute atomic E-state index is 0.600. The highest BCUT2D eigenvalue weighted by Crippen LogP contribution is 2.26. The van der Waals surface area contributed by atoms with E-state index in [0.29, 0.717) is 6.04 Å². The smallest absolute Gasteiger partial charge is 0.0960 e. The minimum atomic E-state index is 0.600. The van der Waals surface area contributed by atoms with Crippen molar-refractivity contribution in [2.24, 2.45) is 0 Å². The molecule has 0 saturated carbocycles. The van der Waals surface area contributed by atoms with E-state index in [1.165, 1.54) is 56.4 Å². The van der Waals surface area contributed by atoms with Gasteiger partial charge in [0.25, 0.3) is 0 Å². The Morgan fingerprint density at radius 3 is 2.50 bits per heavy atom. The molecule has 1 aliphatic heterocycles. The summed E-state index contributed by atoms with van der Waals surface area (Å²) in [5, 5.41) is 0. The predicted molar refractivity (Wildman–Crippen MR) is 99.2 cm³/mol. The first-order valence-electron chi connectivity index (χ1n) is 9.08. The number of nitrogens with zero attached hydrogens (tertiary/aromatic N) is 3. The van der Waals surface area contributed by atoms with Crippen LogP contribution in [0.25, 0.3) is 11.0 Å². The maximum Gasteiger partial charge on any atom is 0.0960 e. The maximum atomic E-state index is 4.55. The van der Waals surface area contributed by atoms with Crippen LogP contribution in [0, 0.1) is 0 Å². The van der Waals surface area contributed by atoms with Crippen molar-refractivity contribution in [3.05, 3.63) is 66.5 Å². The van der Waals surface area contributed by atoms with Crippen LogP contribution in [0.3, 0.4) is 0 Å². The monoisotopic (exact) mass is 319 g/mol. The first-order valence-corrected chi connectivity index (χ1v) is 9.08. The van der Waals surface area contributed by atoms with Crippen molar-refractivity contribution in [2.75, 3.05) is 19.6 Å². The van der Waals surface area contributed by atoms with Crippen LogP contribution in [-0.2, 0) is 6.42 Å². The molecule has 0 spiro atoms. The first kappa shape index (κ1) is 15.4. The third kappa shape index (κ3) is 3.36. The lowest BCUT2D eigenvalue weighted by Crippen LogP contribution is -2.35. The van der Waals surface area contributed by atoms with Gasteiger partial charge in [0, 0.05) is 19.1 Å². The van der Waals surface area contributed by atoms with Crippen LogP contribution >= 0.6 is 0 Å². The van der Waals surface area contributed by atoms with Gasteiger partial charge < -0.3 is 9.47 Å². The molecule has 1 fully saturated rings. The molecule has 3 heteroatoms. The standard InChI is InChI=1S/C21H25N3/c1-2-7-18(8-3-1)9-6-14-23-15-12-19(13-16-23)24-17-22-20-10-4-5-11-21(20)24/h1-5,7-8,10-11,17,19H,6,9,12-16H2. The fourth-order valence-electron chi connectivity index (χ4n) is 3.84. The van der Waals surface area contributed by atoms with Crippen LogP contribution in [0.4, 0.5) is 0 Å². The molecule has 4 rings (SSSR count). The van der Waals surface area contributed by atoms with Gasteiger partial charge in [0.2, 0.25) is 0 Å². The van der Waals surface area contributed by atoms with E-state index < -0.39 is 0 Å². The number of piperidine rings is 1. The van der Waals surface area contributed by atoms with Gasteiger partial charge >= 0.3 is 0 Å². The Morgan fingerprint density at radius 1 is 0.917 bits per heavy atom. The molecule has 3 aromatic rings. The molecular formula is C21H25N3. The number of aromatic nitrogens is 2. The molecule has 1 aromatic heterocycles. The molecule has 1 aliphatic rings. The van der Waals surface area contributed by atoms with Crippen molar-refractivity contribution in [1.82, 2.24) is 14.5 Å². The van der Waals surface area contributed by atoms with Crippen molar-refractivity contribution >= 4 is 11.0 Å². The van der Waals surface area contributed by atoms with Crippen LogP contribution in [-0.4, -0.2) is 34.1 Å². The fourth-order valence-corrected chi connectivity index (χ4v) is 3.84. The van der Waals surface area contributed by atoms with Crippen LogP contribution in [0.2, 0.25) is 0 Å². The fraction of sp³-hybridized carbons (Fsp3) is 0.381. The summed E-state index contributed by atoms with van der Waals surface area (Å²) in [4.78, 5) is 7.17. The highest BCUT2D eigenvalue weighted by atomic mass is 15.2. The number of benzene rings is 2. The zero-order valence-electron chi connectivity index (χ0n) is 14.1. The lowest BCUT2D eigenvalue weighted by atomic mass is 10.0. The van der Waals surface area contributed by atoms with Gasteiger partial charge in [0.15, 0.2) is 0 Å². The summed E-state index contributed by atoms with van der Waals surface area (Å²) in [6.07, 6.45) is 6.92. The lowest BCUT2D eigenvalue weighted by molar-refractivity contribution is 0.186. The number of rotatable bonds is 5. The van der Waals surface area contributed by atoms with Gasteiger partial charge in [-0.25, -0.2) is 4.98 Å². The van der Waals surface area contributed by atoms with Gasteiger partial charge in [0.05, 0.1) is 17.4 Å². The number of fused-ring (bicyclic) bond motifs is 1. The summed E-state index contributed by atoms with van der Waals surface area (Å²) in [7, 11) is 0. The average molecular weight is 319 g/mol. The summed E-state index contributed by atoms with van der Waals surface area (Å²) >= 11 is 0. The highest BCUT2D eigenvalue weighted by molar-refractivity contribution is 5.75. The zero-order chi connectivity index (χ0) is 16.2. The van der Waals surface area contributed by atoms with Crippen molar-refractivity contribution < 1.29 is 0 Å². The van der Waals surface area contributed by atoms with E-state index in [4.69, 9.17) is 0 Å². The average Bonchev–Trinajstić information content (AvgIpc) is 3.07. The molecule has 0 atom stereocenters. The van der Waals surface area contributed by atoms with E-state index >= 15 is 0 Å². The summed E-state index contributed by atoms with van der Waals surface area (Å²) < 4.78 is 2.39. The molecule has 0 radical (unpaired) electrons. The molecule has 0 unspecified atom stereocenters. The third-order valence-electron chi connectivity index (χ3n) is 5.21. The largest absolute Gasteiger partial charge is 0.327 e. The van der Waals surface area contributed by atoms with Gasteiger partial charge in [-0.05, 0) is 49.9 Å². The quantitative estimate of drug-likeness (QED) is 0.699. The maximum absolute atomic E-state index is 4.55. The van der Waals surface area contributed by atoms with E-state index in [1.807, 2.05) is 6.33 Å². The van der Waals surface area contributed by atoms with Crippen molar-refractivity contribution in [3.8, 4) is 0 Å². The van der Waals surface area contributed by atoms with Crippen molar-refractivity contribution in [3.63, 3.8) is 0 Å². The normalized spacial score (nSPS) is 16.7. The van der Waals surface area contributed by atoms with E-state index in [1.54, 1.807) is 0 Å². The molecule has 0 aliphatic carbocycles. The predicted octanol–water partition coefficient (Wildman–Crippen LogP) is 4.31. The molecule has 2 aromatic carbocycles. The Morgan fingerprint density at radius 2 is 1.67 bits per heavy atom. The summed E-state index contributed by atoms with van der Waals surface area (Å²) in [5.74, 6) is 0. The molecule has 24 heavy (non-hydrogen) atoms. The third-order valence-corrected chi connectivity index (χ3v) is 5.21. The number of hydrogen-bond donors (Lipinski definition) is 0. The van der Waals surface area contributed by atoms with E-state index in [0.717, 1.165) is 5.52 Å². The number of aryl methyl sites for hydroxylation is 1. The second-order valence-electron chi connectivity index (χ2n) is 6.80. The first-order chi connectivity index (χ1) is 11.9. The minimum Gasteiger partial charge on any atom is -0.327 e. The SMILES string of the molecule is c1ccc(CCCN2CCC(n3cnc4ccccc43)CC2)cc1. The molecule has 0 N–H and O–H groups in total. The molecule has 2 heterocycles. The van der Waals surface area contributed by atoms with Crippen LogP contribution in [0.15, 0.2) is 60.9 Å². The molecule has 3 nitrogen and oxygen atoms in total. The summed E-state index contributed by atoms with van der Waals surface area (Å²) in [6, 6.07) is 19.9. The van der Waals surface area contributed by atoms with Gasteiger partial charge in [-0.1, -0.05) is 42.5 Å². The van der Waals surface area contributed by atoms with E-state index in [9.17, 15) is 0 Å². The van der Waals surface area contributed by atoms with Crippen LogP contribution in [0.5, 0.6) is 0 Å². The zero-order valence-corrected chi connectivity index (χ0v) is 14.1. The molecule has 1 saturated heterocycles. The van der Waals surface area contributed by atoms with Gasteiger partial charge in [0.1, 0.15) is 0 Å². The molecule has 0 amide bonds. The second-order valence-corrected chi connectivity index (χ2v) is 6.80. The van der Waals surface area contributed by atoms with Gasteiger partial charge in [-0.2, -0.15) is 0 Å². The Hall–Kier alpha value is -2.13. The topological polar surface area (TPSA) is 21.1 Å². The van der Waals surface area contributed by atoms with Crippen molar-refractivity contribution in [2.45, 2.75) is 31.7 Å². The Bertz CT molecular complexity index is 770. The summed E-state index contributed by atoms with van der Waals surface area (Å²) in [6.45, 7) is 3.62. The molecule has 124 valence electrons. The van der Waals surface area contributed by atoms with Crippen LogP contribution in [0.1, 0.15) is 30.9 Å². The van der Waals surface area contributed by atoms with E-state index in [2.05, 4.69) is 69.0 Å². The number of imidazole rings is 1. The number of likely N-dealkylation sites (tertiary alicyclic amines) is 1. The van der Waals surface area contributed by atoms with Crippen molar-refractivity contribution in [1.29, 1.82) is 0 Å². The highest BCUT2D eigenvalue weighted by Gasteiger charge is 2.21. The number of hydrogen-bond acceptors (Lipinski definition) is 2. The van der Waals surface area contributed by atoms with Gasteiger partial charge in [-0.15, -0.1) is 0 Å². The second kappa shape index (κ2) is 7.18. The molecular weight excluding hydrogens is 294 g/mol. The Labute approximate surface area is 143 Å². The van der Waals surface area contributed by atoms with Gasteiger partial charge in [-0.3, -0.25) is 0 Å². The summed E-state index contributed by atoms with van der Waals surface area (Å²) in [5.41, 5.74) is 3.85. The molecule has 0 bridgehead atoms. The Kier molecular flexibility index (Phi) is 4.61. The van der Waals surface area contributed by atoms with E-state index in [-0.39, 0.29) is 0 Å². The van der Waals surface area contributed by atoms with Crippen LogP contribution < -0.4 is 0 Å². The number of para-hydroxylation sites is 2. The lowest BCUT2D eigenvalue weighted by Gasteiger charge is -2.32. The Balaban J connectivity index is 1.29.